The lowest BCUT2D eigenvalue weighted by atomic mass is 10.1. The molecule has 2 nitrogen and oxygen atoms in total. The molecule has 0 bridgehead atoms. The smallest absolute Gasteiger partial charge is 0.141 e. The van der Waals surface area contributed by atoms with E-state index >= 15 is 0 Å². The van der Waals surface area contributed by atoms with E-state index in [0.29, 0.717) is 10.0 Å². The van der Waals surface area contributed by atoms with Crippen LogP contribution in [0.25, 0.3) is 0 Å². The van der Waals surface area contributed by atoms with Crippen LogP contribution in [0.2, 0.25) is 10.0 Å². The quantitative estimate of drug-likeness (QED) is 0.850. The molecular weight excluding hydrogens is 286 g/mol. The number of anilines is 1. The van der Waals surface area contributed by atoms with Crippen molar-refractivity contribution in [1.29, 1.82) is 0 Å². The van der Waals surface area contributed by atoms with Gasteiger partial charge in [0.1, 0.15) is 5.82 Å². The molecule has 0 aliphatic carbocycles. The van der Waals surface area contributed by atoms with Gasteiger partial charge in [-0.15, -0.1) is 0 Å². The topological polar surface area (TPSA) is 24.9 Å². The van der Waals surface area contributed by atoms with Gasteiger partial charge in [-0.1, -0.05) is 30.1 Å². The Labute approximate surface area is 121 Å². The fourth-order valence-electron chi connectivity index (χ4n) is 1.77. The highest BCUT2D eigenvalue weighted by Gasteiger charge is 2.12. The van der Waals surface area contributed by atoms with Gasteiger partial charge in [0.25, 0.3) is 0 Å². The SMILES string of the molecule is CCC(Nc1ccc(Cl)cc1Cl)c1ccc(F)cn1. The number of pyridine rings is 1. The highest BCUT2D eigenvalue weighted by Crippen LogP contribution is 2.29. The molecule has 1 heterocycles. The number of hydrogen-bond donors (Lipinski definition) is 1. The summed E-state index contributed by atoms with van der Waals surface area (Å²) in [5.41, 5.74) is 1.55. The van der Waals surface area contributed by atoms with Crippen LogP contribution < -0.4 is 5.32 Å². The van der Waals surface area contributed by atoms with E-state index in [2.05, 4.69) is 10.3 Å². The fourth-order valence-corrected chi connectivity index (χ4v) is 2.24. The maximum atomic E-state index is 12.9. The number of benzene rings is 1. The van der Waals surface area contributed by atoms with Crippen molar-refractivity contribution < 1.29 is 4.39 Å². The first-order valence-electron chi connectivity index (χ1n) is 5.93. The van der Waals surface area contributed by atoms with Crippen molar-refractivity contribution in [2.45, 2.75) is 19.4 Å². The third kappa shape index (κ3) is 3.58. The summed E-state index contributed by atoms with van der Waals surface area (Å²) in [5.74, 6) is -0.344. The predicted octanol–water partition coefficient (Wildman–Crippen LogP) is 5.09. The van der Waals surface area contributed by atoms with Crippen molar-refractivity contribution in [3.63, 3.8) is 0 Å². The average Bonchev–Trinajstić information content (AvgIpc) is 2.39. The van der Waals surface area contributed by atoms with E-state index in [0.717, 1.165) is 17.8 Å². The van der Waals surface area contributed by atoms with Crippen LogP contribution >= 0.6 is 23.2 Å². The van der Waals surface area contributed by atoms with Crippen LogP contribution in [0, 0.1) is 5.82 Å². The van der Waals surface area contributed by atoms with E-state index in [4.69, 9.17) is 23.2 Å². The first kappa shape index (κ1) is 14.1. The molecule has 1 unspecified atom stereocenters. The van der Waals surface area contributed by atoms with Crippen LogP contribution in [0.1, 0.15) is 25.1 Å². The molecule has 19 heavy (non-hydrogen) atoms. The monoisotopic (exact) mass is 298 g/mol. The van der Waals surface area contributed by atoms with E-state index < -0.39 is 0 Å². The Morgan fingerprint density at radius 2 is 2.05 bits per heavy atom. The van der Waals surface area contributed by atoms with Gasteiger partial charge in [-0.25, -0.2) is 4.39 Å². The maximum Gasteiger partial charge on any atom is 0.141 e. The number of nitrogens with zero attached hydrogens (tertiary/aromatic N) is 1. The van der Waals surface area contributed by atoms with Gasteiger partial charge in [0.2, 0.25) is 0 Å². The lowest BCUT2D eigenvalue weighted by Crippen LogP contribution is -2.11. The zero-order valence-electron chi connectivity index (χ0n) is 10.3. The first-order valence-corrected chi connectivity index (χ1v) is 6.68. The van der Waals surface area contributed by atoms with E-state index in [1.165, 1.54) is 12.3 Å². The number of nitrogens with one attached hydrogen (secondary N) is 1. The molecule has 0 spiro atoms. The van der Waals surface area contributed by atoms with Crippen molar-refractivity contribution in [3.05, 3.63) is 58.1 Å². The van der Waals surface area contributed by atoms with Crippen LogP contribution in [-0.4, -0.2) is 4.98 Å². The minimum atomic E-state index is -0.344. The van der Waals surface area contributed by atoms with Crippen molar-refractivity contribution in [2.24, 2.45) is 0 Å². The normalized spacial score (nSPS) is 12.2. The zero-order chi connectivity index (χ0) is 13.8. The van der Waals surface area contributed by atoms with Crippen molar-refractivity contribution >= 4 is 28.9 Å². The van der Waals surface area contributed by atoms with Crippen LogP contribution in [-0.2, 0) is 0 Å². The Bertz CT molecular complexity index is 558. The number of rotatable bonds is 4. The van der Waals surface area contributed by atoms with Crippen LogP contribution in [0.3, 0.4) is 0 Å². The van der Waals surface area contributed by atoms with E-state index in [-0.39, 0.29) is 11.9 Å². The molecule has 0 aliphatic heterocycles. The highest BCUT2D eigenvalue weighted by atomic mass is 35.5. The molecule has 1 atom stereocenters. The van der Waals surface area contributed by atoms with Gasteiger partial charge in [-0.05, 0) is 36.8 Å². The van der Waals surface area contributed by atoms with Gasteiger partial charge in [0.05, 0.1) is 28.6 Å². The molecule has 5 heteroatoms. The molecule has 100 valence electrons. The summed E-state index contributed by atoms with van der Waals surface area (Å²) in [7, 11) is 0. The summed E-state index contributed by atoms with van der Waals surface area (Å²) >= 11 is 12.0. The summed E-state index contributed by atoms with van der Waals surface area (Å²) in [6, 6.07) is 8.30. The third-order valence-corrected chi connectivity index (χ3v) is 3.32. The second-order valence-corrected chi connectivity index (χ2v) is 4.97. The fraction of sp³-hybridized carbons (Fsp3) is 0.214. The largest absolute Gasteiger partial charge is 0.375 e. The Kier molecular flexibility index (Phi) is 4.61. The minimum Gasteiger partial charge on any atom is -0.375 e. The Morgan fingerprint density at radius 1 is 1.26 bits per heavy atom. The predicted molar refractivity (Wildman–Crippen MR) is 77.3 cm³/mol. The Balaban J connectivity index is 2.21. The third-order valence-electron chi connectivity index (χ3n) is 2.78. The molecule has 0 saturated heterocycles. The minimum absolute atomic E-state index is 0.0284. The molecule has 0 amide bonds. The molecule has 0 saturated carbocycles. The van der Waals surface area contributed by atoms with Crippen molar-refractivity contribution in [3.8, 4) is 0 Å². The molecule has 0 aliphatic rings. The Morgan fingerprint density at radius 3 is 2.63 bits per heavy atom. The van der Waals surface area contributed by atoms with Gasteiger partial charge < -0.3 is 5.32 Å². The number of aromatic nitrogens is 1. The zero-order valence-corrected chi connectivity index (χ0v) is 11.8. The van der Waals surface area contributed by atoms with Crippen molar-refractivity contribution in [2.75, 3.05) is 5.32 Å². The summed E-state index contributed by atoms with van der Waals surface area (Å²) in [4.78, 5) is 4.09. The van der Waals surface area contributed by atoms with E-state index in [1.54, 1.807) is 18.2 Å². The van der Waals surface area contributed by atoms with E-state index in [1.807, 2.05) is 13.0 Å². The lowest BCUT2D eigenvalue weighted by molar-refractivity contribution is 0.614. The number of halogens is 3. The molecule has 1 aromatic carbocycles. The lowest BCUT2D eigenvalue weighted by Gasteiger charge is -2.18. The maximum absolute atomic E-state index is 12.9. The van der Waals surface area contributed by atoms with Crippen LogP contribution in [0.5, 0.6) is 0 Å². The van der Waals surface area contributed by atoms with Gasteiger partial charge in [-0.2, -0.15) is 0 Å². The van der Waals surface area contributed by atoms with E-state index in [9.17, 15) is 4.39 Å². The molecule has 1 aromatic heterocycles. The van der Waals surface area contributed by atoms with Crippen LogP contribution in [0.4, 0.5) is 10.1 Å². The van der Waals surface area contributed by atoms with Crippen molar-refractivity contribution in [1.82, 2.24) is 4.98 Å². The summed E-state index contributed by atoms with van der Waals surface area (Å²) in [5, 5.41) is 4.42. The molecular formula is C14H13Cl2FN2. The summed E-state index contributed by atoms with van der Waals surface area (Å²) < 4.78 is 12.9. The van der Waals surface area contributed by atoms with Gasteiger partial charge in [0.15, 0.2) is 0 Å². The standard InChI is InChI=1S/C14H13Cl2FN2/c1-2-12(14-6-4-10(17)8-18-14)19-13-5-3-9(15)7-11(13)16/h3-8,12,19H,2H2,1H3. The number of hydrogen-bond acceptors (Lipinski definition) is 2. The molecule has 0 radical (unpaired) electrons. The Hall–Kier alpha value is -1.32. The molecule has 0 fully saturated rings. The first-order chi connectivity index (χ1) is 9.10. The van der Waals surface area contributed by atoms with Crippen LogP contribution in [0.15, 0.2) is 36.5 Å². The van der Waals surface area contributed by atoms with Gasteiger partial charge in [-0.3, -0.25) is 4.98 Å². The molecule has 1 N–H and O–H groups in total. The second kappa shape index (κ2) is 6.22. The van der Waals surface area contributed by atoms with Gasteiger partial charge in [0, 0.05) is 5.02 Å². The second-order valence-electron chi connectivity index (χ2n) is 4.13. The van der Waals surface area contributed by atoms with Gasteiger partial charge >= 0.3 is 0 Å². The summed E-state index contributed by atoms with van der Waals surface area (Å²) in [6.07, 6.45) is 2.01. The highest BCUT2D eigenvalue weighted by molar-refractivity contribution is 6.36. The molecule has 2 rings (SSSR count). The average molecular weight is 299 g/mol. The molecule has 2 aromatic rings. The summed E-state index contributed by atoms with van der Waals surface area (Å²) in [6.45, 7) is 2.02.